The first kappa shape index (κ1) is 23.6. The summed E-state index contributed by atoms with van der Waals surface area (Å²) in [5, 5.41) is 2.75. The van der Waals surface area contributed by atoms with Crippen molar-refractivity contribution in [2.45, 2.75) is 20.3 Å². The fourth-order valence-corrected chi connectivity index (χ4v) is 3.90. The van der Waals surface area contributed by atoms with E-state index in [1.807, 2.05) is 19.9 Å². The summed E-state index contributed by atoms with van der Waals surface area (Å²) >= 11 is 3.45. The highest BCUT2D eigenvalue weighted by Crippen LogP contribution is 2.36. The number of carbonyl (C=O) groups excluding carboxylic acids is 3. The van der Waals surface area contributed by atoms with Gasteiger partial charge in [0.25, 0.3) is 5.91 Å². The summed E-state index contributed by atoms with van der Waals surface area (Å²) < 4.78 is 16.7. The number of amides is 2. The summed E-state index contributed by atoms with van der Waals surface area (Å²) in [7, 11) is 3.03. The molecule has 1 saturated heterocycles. The predicted octanol–water partition coefficient (Wildman–Crippen LogP) is 3.62. The number of anilines is 2. The fraction of sp³-hybridized carbons (Fsp3) is 0.348. The quantitative estimate of drug-likeness (QED) is 0.578. The number of rotatable bonds is 7. The molecule has 32 heavy (non-hydrogen) atoms. The molecule has 0 saturated carbocycles. The smallest absolute Gasteiger partial charge is 0.311 e. The molecule has 1 atom stereocenters. The molecular weight excluding hydrogens is 480 g/mol. The van der Waals surface area contributed by atoms with E-state index in [2.05, 4.69) is 21.2 Å². The molecule has 0 unspecified atom stereocenters. The first-order chi connectivity index (χ1) is 15.2. The summed E-state index contributed by atoms with van der Waals surface area (Å²) in [6.45, 7) is 3.54. The molecule has 1 N–H and O–H groups in total. The van der Waals surface area contributed by atoms with E-state index < -0.39 is 24.4 Å². The van der Waals surface area contributed by atoms with Crippen molar-refractivity contribution in [3.05, 3.63) is 45.9 Å². The van der Waals surface area contributed by atoms with Crippen molar-refractivity contribution >= 4 is 45.1 Å². The summed E-state index contributed by atoms with van der Waals surface area (Å²) in [4.78, 5) is 38.8. The summed E-state index contributed by atoms with van der Waals surface area (Å²) in [6, 6.07) is 8.72. The zero-order valence-electron chi connectivity index (χ0n) is 18.4. The van der Waals surface area contributed by atoms with Crippen molar-refractivity contribution in [2.75, 3.05) is 37.6 Å². The van der Waals surface area contributed by atoms with E-state index in [0.717, 1.165) is 15.6 Å². The molecule has 1 heterocycles. The second-order valence-corrected chi connectivity index (χ2v) is 8.30. The molecule has 8 nitrogen and oxygen atoms in total. The van der Waals surface area contributed by atoms with Gasteiger partial charge in [0.2, 0.25) is 5.91 Å². The lowest BCUT2D eigenvalue weighted by molar-refractivity contribution is -0.151. The average molecular weight is 505 g/mol. The van der Waals surface area contributed by atoms with Gasteiger partial charge in [0, 0.05) is 29.2 Å². The minimum Gasteiger partial charge on any atom is -0.497 e. The van der Waals surface area contributed by atoms with Crippen LogP contribution in [-0.4, -0.2) is 45.2 Å². The lowest BCUT2D eigenvalue weighted by Crippen LogP contribution is -2.28. The van der Waals surface area contributed by atoms with Crippen molar-refractivity contribution in [2.24, 2.45) is 5.92 Å². The standard InChI is InChI=1S/C23H25BrN2O6/c1-13-14(2)18(7-6-17(13)24)25-21(27)12-32-23(29)15-9-22(28)26(11-15)19-10-16(30-3)5-8-20(19)31-4/h5-8,10,15H,9,11-12H2,1-4H3,(H,25,27)/t15-/m1/s1. The fourth-order valence-electron chi connectivity index (χ4n) is 3.47. The molecule has 170 valence electrons. The van der Waals surface area contributed by atoms with Gasteiger partial charge in [-0.25, -0.2) is 0 Å². The van der Waals surface area contributed by atoms with Crippen molar-refractivity contribution in [1.82, 2.24) is 0 Å². The summed E-state index contributed by atoms with van der Waals surface area (Å²) in [6.07, 6.45) is -0.00810. The van der Waals surface area contributed by atoms with Crippen molar-refractivity contribution in [3.8, 4) is 11.5 Å². The Labute approximate surface area is 194 Å². The van der Waals surface area contributed by atoms with Crippen LogP contribution >= 0.6 is 15.9 Å². The average Bonchev–Trinajstić information content (AvgIpc) is 3.18. The predicted molar refractivity (Wildman–Crippen MR) is 123 cm³/mol. The van der Waals surface area contributed by atoms with Crippen LogP contribution in [0.3, 0.4) is 0 Å². The maximum atomic E-state index is 12.6. The van der Waals surface area contributed by atoms with Crippen LogP contribution in [-0.2, 0) is 19.1 Å². The first-order valence-corrected chi connectivity index (χ1v) is 10.8. The van der Waals surface area contributed by atoms with Gasteiger partial charge in [0.05, 0.1) is 25.8 Å². The highest BCUT2D eigenvalue weighted by atomic mass is 79.9. The van der Waals surface area contributed by atoms with Crippen LogP contribution in [0, 0.1) is 19.8 Å². The van der Waals surface area contributed by atoms with Crippen LogP contribution in [0.5, 0.6) is 11.5 Å². The topological polar surface area (TPSA) is 94.2 Å². The number of ether oxygens (including phenoxy) is 3. The monoisotopic (exact) mass is 504 g/mol. The van der Waals surface area contributed by atoms with Gasteiger partial charge in [0.15, 0.2) is 6.61 Å². The largest absolute Gasteiger partial charge is 0.497 e. The van der Waals surface area contributed by atoms with E-state index in [1.165, 1.54) is 19.1 Å². The molecule has 0 bridgehead atoms. The lowest BCUT2D eigenvalue weighted by atomic mass is 10.1. The van der Waals surface area contributed by atoms with Gasteiger partial charge >= 0.3 is 5.97 Å². The zero-order valence-corrected chi connectivity index (χ0v) is 19.9. The molecule has 0 radical (unpaired) electrons. The molecule has 1 fully saturated rings. The third-order valence-corrected chi connectivity index (χ3v) is 6.33. The van der Waals surface area contributed by atoms with Gasteiger partial charge < -0.3 is 24.4 Å². The van der Waals surface area contributed by atoms with Crippen LogP contribution in [0.15, 0.2) is 34.8 Å². The molecule has 1 aliphatic heterocycles. The number of carbonyl (C=O) groups is 3. The van der Waals surface area contributed by atoms with Crippen LogP contribution in [0.25, 0.3) is 0 Å². The Morgan fingerprint density at radius 3 is 2.56 bits per heavy atom. The molecule has 2 aromatic carbocycles. The van der Waals surface area contributed by atoms with E-state index in [4.69, 9.17) is 14.2 Å². The Hall–Kier alpha value is -3.07. The number of hydrogen-bond acceptors (Lipinski definition) is 6. The van der Waals surface area contributed by atoms with Crippen LogP contribution in [0.2, 0.25) is 0 Å². The normalized spacial score (nSPS) is 15.5. The SMILES string of the molecule is COc1ccc(OC)c(N2C[C@H](C(=O)OCC(=O)Nc3ccc(Br)c(C)c3C)CC2=O)c1. The Bertz CT molecular complexity index is 1060. The maximum absolute atomic E-state index is 12.6. The van der Waals surface area contributed by atoms with Crippen LogP contribution < -0.4 is 19.7 Å². The maximum Gasteiger partial charge on any atom is 0.311 e. The number of halogens is 1. The van der Waals surface area contributed by atoms with Crippen molar-refractivity contribution in [1.29, 1.82) is 0 Å². The number of hydrogen-bond donors (Lipinski definition) is 1. The van der Waals surface area contributed by atoms with Gasteiger partial charge in [-0.05, 0) is 49.2 Å². The molecule has 1 aliphatic rings. The number of benzene rings is 2. The van der Waals surface area contributed by atoms with Crippen molar-refractivity contribution in [3.63, 3.8) is 0 Å². The third kappa shape index (κ3) is 5.04. The van der Waals surface area contributed by atoms with Crippen LogP contribution in [0.1, 0.15) is 17.5 Å². The highest BCUT2D eigenvalue weighted by Gasteiger charge is 2.37. The van der Waals surface area contributed by atoms with E-state index in [0.29, 0.717) is 22.9 Å². The molecule has 2 amide bonds. The second-order valence-electron chi connectivity index (χ2n) is 7.44. The Morgan fingerprint density at radius 2 is 1.88 bits per heavy atom. The number of nitrogens with zero attached hydrogens (tertiary/aromatic N) is 1. The van der Waals surface area contributed by atoms with E-state index in [1.54, 1.807) is 24.3 Å². The summed E-state index contributed by atoms with van der Waals surface area (Å²) in [5.74, 6) is -0.894. The number of methoxy groups -OCH3 is 2. The lowest BCUT2D eigenvalue weighted by Gasteiger charge is -2.20. The van der Waals surface area contributed by atoms with Crippen LogP contribution in [0.4, 0.5) is 11.4 Å². The summed E-state index contributed by atoms with van der Waals surface area (Å²) in [5.41, 5.74) is 3.10. The highest BCUT2D eigenvalue weighted by molar-refractivity contribution is 9.10. The van der Waals surface area contributed by atoms with E-state index >= 15 is 0 Å². The molecule has 0 aliphatic carbocycles. The molecular formula is C23H25BrN2O6. The van der Waals surface area contributed by atoms with Gasteiger partial charge in [-0.15, -0.1) is 0 Å². The first-order valence-electron chi connectivity index (χ1n) is 9.99. The molecule has 3 rings (SSSR count). The molecule has 0 spiro atoms. The van der Waals surface area contributed by atoms with Gasteiger partial charge in [-0.3, -0.25) is 14.4 Å². The minimum atomic E-state index is -0.678. The van der Waals surface area contributed by atoms with E-state index in [-0.39, 0.29) is 18.9 Å². The number of esters is 1. The third-order valence-electron chi connectivity index (χ3n) is 5.48. The molecule has 2 aromatic rings. The zero-order chi connectivity index (χ0) is 23.4. The minimum absolute atomic E-state index is 0.00810. The number of nitrogens with one attached hydrogen (secondary N) is 1. The Balaban J connectivity index is 1.61. The Morgan fingerprint density at radius 1 is 1.12 bits per heavy atom. The van der Waals surface area contributed by atoms with Gasteiger partial charge in [0.1, 0.15) is 11.5 Å². The second kappa shape index (κ2) is 10.0. The van der Waals surface area contributed by atoms with Gasteiger partial charge in [-0.2, -0.15) is 0 Å². The molecule has 9 heteroatoms. The van der Waals surface area contributed by atoms with Gasteiger partial charge in [-0.1, -0.05) is 15.9 Å². The van der Waals surface area contributed by atoms with E-state index in [9.17, 15) is 14.4 Å². The molecule has 0 aromatic heterocycles. The van der Waals surface area contributed by atoms with Crippen molar-refractivity contribution < 1.29 is 28.6 Å². The Kier molecular flexibility index (Phi) is 7.40.